The molecule has 3 amide bonds. The van der Waals surface area contributed by atoms with Gasteiger partial charge in [-0.25, -0.2) is 0 Å². The third-order valence-electron chi connectivity index (χ3n) is 4.90. The van der Waals surface area contributed by atoms with E-state index in [1.165, 1.54) is 18.7 Å². The van der Waals surface area contributed by atoms with Crippen LogP contribution in [0.15, 0.2) is 47.4 Å². The van der Waals surface area contributed by atoms with Crippen molar-refractivity contribution in [2.24, 2.45) is 0 Å². The number of carbonyl (C=O) groups is 4. The molecule has 2 aromatic carbocycles. The van der Waals surface area contributed by atoms with Crippen LogP contribution in [0.3, 0.4) is 0 Å². The first-order valence-electron chi connectivity index (χ1n) is 10.1. The molecular formula is C23H25N3O5S. The van der Waals surface area contributed by atoms with Crippen molar-refractivity contribution >= 4 is 46.8 Å². The summed E-state index contributed by atoms with van der Waals surface area (Å²) in [6.45, 7) is 4.92. The molecule has 8 nitrogen and oxygen atoms in total. The van der Waals surface area contributed by atoms with Crippen LogP contribution in [0.1, 0.15) is 24.5 Å². The van der Waals surface area contributed by atoms with Crippen LogP contribution in [0.5, 0.6) is 0 Å². The van der Waals surface area contributed by atoms with Crippen molar-refractivity contribution in [1.29, 1.82) is 0 Å². The number of amides is 3. The zero-order valence-electron chi connectivity index (χ0n) is 18.1. The Morgan fingerprint density at radius 2 is 1.78 bits per heavy atom. The number of hydrogen-bond donors (Lipinski definition) is 3. The van der Waals surface area contributed by atoms with Crippen LogP contribution >= 0.6 is 11.8 Å². The quantitative estimate of drug-likeness (QED) is 0.554. The van der Waals surface area contributed by atoms with Crippen LogP contribution < -0.4 is 16.0 Å². The first kappa shape index (κ1) is 23.3. The molecule has 2 atom stereocenters. The van der Waals surface area contributed by atoms with Gasteiger partial charge in [0.15, 0.2) is 6.10 Å². The number of rotatable bonds is 7. The summed E-state index contributed by atoms with van der Waals surface area (Å²) in [5, 5.41) is 7.35. The van der Waals surface area contributed by atoms with Gasteiger partial charge in [-0.3, -0.25) is 19.2 Å². The lowest BCUT2D eigenvalue weighted by Gasteiger charge is -2.23. The summed E-state index contributed by atoms with van der Waals surface area (Å²) in [7, 11) is 0. The van der Waals surface area contributed by atoms with Crippen molar-refractivity contribution in [1.82, 2.24) is 5.32 Å². The normalized spacial score (nSPS) is 15.7. The predicted molar refractivity (Wildman–Crippen MR) is 122 cm³/mol. The van der Waals surface area contributed by atoms with Crippen molar-refractivity contribution in [2.45, 2.75) is 43.4 Å². The largest absolute Gasteiger partial charge is 0.453 e. The van der Waals surface area contributed by atoms with Crippen LogP contribution in [0.4, 0.5) is 11.4 Å². The third kappa shape index (κ3) is 5.88. The molecule has 2 aromatic rings. The molecular weight excluding hydrogens is 430 g/mol. The number of nitrogens with one attached hydrogen (secondary N) is 3. The van der Waals surface area contributed by atoms with Gasteiger partial charge in [0.05, 0.1) is 23.9 Å². The Morgan fingerprint density at radius 3 is 2.50 bits per heavy atom. The highest BCUT2D eigenvalue weighted by Crippen LogP contribution is 2.36. The van der Waals surface area contributed by atoms with Gasteiger partial charge in [0.1, 0.15) is 0 Å². The summed E-state index contributed by atoms with van der Waals surface area (Å²) in [4.78, 5) is 49.8. The number of aryl methyl sites for hydroxylation is 2. The molecule has 0 saturated carbocycles. The number of esters is 1. The van der Waals surface area contributed by atoms with E-state index in [4.69, 9.17) is 4.74 Å². The molecule has 0 aliphatic carbocycles. The average Bonchev–Trinajstić information content (AvgIpc) is 2.75. The van der Waals surface area contributed by atoms with E-state index in [0.717, 1.165) is 16.0 Å². The first-order chi connectivity index (χ1) is 15.2. The van der Waals surface area contributed by atoms with Crippen molar-refractivity contribution in [3.05, 3.63) is 53.6 Å². The smallest absolute Gasteiger partial charge is 0.308 e. The van der Waals surface area contributed by atoms with Gasteiger partial charge in [-0.05, 0) is 44.0 Å². The van der Waals surface area contributed by atoms with E-state index < -0.39 is 23.2 Å². The highest BCUT2D eigenvalue weighted by atomic mass is 32.2. The molecule has 32 heavy (non-hydrogen) atoms. The van der Waals surface area contributed by atoms with Gasteiger partial charge < -0.3 is 20.7 Å². The zero-order chi connectivity index (χ0) is 23.3. The Kier molecular flexibility index (Phi) is 7.53. The van der Waals surface area contributed by atoms with Gasteiger partial charge in [0, 0.05) is 10.6 Å². The second-order valence-corrected chi connectivity index (χ2v) is 8.71. The molecule has 0 spiro atoms. The molecule has 0 aromatic heterocycles. The van der Waals surface area contributed by atoms with Crippen molar-refractivity contribution in [2.75, 3.05) is 17.2 Å². The van der Waals surface area contributed by atoms with Crippen LogP contribution in [0, 0.1) is 13.8 Å². The minimum absolute atomic E-state index is 0.171. The Morgan fingerprint density at radius 1 is 1.09 bits per heavy atom. The molecule has 2 unspecified atom stereocenters. The number of carbonyl (C=O) groups excluding carboxylic acids is 4. The van der Waals surface area contributed by atoms with Gasteiger partial charge in [-0.1, -0.05) is 30.3 Å². The maximum atomic E-state index is 12.3. The molecule has 0 saturated heterocycles. The zero-order valence-corrected chi connectivity index (χ0v) is 18.9. The minimum Gasteiger partial charge on any atom is -0.453 e. The maximum absolute atomic E-state index is 12.3. The van der Waals surface area contributed by atoms with E-state index in [-0.39, 0.29) is 24.8 Å². The summed E-state index contributed by atoms with van der Waals surface area (Å²) in [6, 6.07) is 13.0. The highest BCUT2D eigenvalue weighted by molar-refractivity contribution is 8.01. The summed E-state index contributed by atoms with van der Waals surface area (Å²) in [5.74, 6) is -1.94. The van der Waals surface area contributed by atoms with E-state index in [2.05, 4.69) is 16.0 Å². The number of benzene rings is 2. The fourth-order valence-corrected chi connectivity index (χ4v) is 4.28. The molecule has 1 heterocycles. The molecule has 9 heteroatoms. The van der Waals surface area contributed by atoms with Crippen molar-refractivity contribution in [3.8, 4) is 0 Å². The second-order valence-electron chi connectivity index (χ2n) is 7.46. The van der Waals surface area contributed by atoms with E-state index >= 15 is 0 Å². The van der Waals surface area contributed by atoms with Gasteiger partial charge in [-0.2, -0.15) is 0 Å². The number of hydrogen-bond acceptors (Lipinski definition) is 6. The summed E-state index contributed by atoms with van der Waals surface area (Å²) in [5.41, 5.74) is 3.24. The van der Waals surface area contributed by atoms with Crippen molar-refractivity contribution in [3.63, 3.8) is 0 Å². The van der Waals surface area contributed by atoms with Gasteiger partial charge in [0.2, 0.25) is 11.8 Å². The van der Waals surface area contributed by atoms with E-state index in [9.17, 15) is 19.2 Å². The number of thioether (sulfide) groups is 1. The van der Waals surface area contributed by atoms with E-state index in [1.54, 1.807) is 6.07 Å². The van der Waals surface area contributed by atoms with Gasteiger partial charge >= 0.3 is 5.97 Å². The lowest BCUT2D eigenvalue weighted by molar-refractivity contribution is -0.155. The maximum Gasteiger partial charge on any atom is 0.308 e. The summed E-state index contributed by atoms with van der Waals surface area (Å²) in [6.07, 6.45) is -1.27. The lowest BCUT2D eigenvalue weighted by atomic mass is 10.1. The molecule has 168 valence electrons. The Hall–Kier alpha value is -3.33. The number of fused-ring (bicyclic) bond motifs is 1. The van der Waals surface area contributed by atoms with E-state index in [0.29, 0.717) is 11.4 Å². The Balaban J connectivity index is 1.45. The van der Waals surface area contributed by atoms with E-state index in [1.807, 2.05) is 50.2 Å². The van der Waals surface area contributed by atoms with Crippen molar-refractivity contribution < 1.29 is 23.9 Å². The monoisotopic (exact) mass is 455 g/mol. The molecule has 0 fully saturated rings. The van der Waals surface area contributed by atoms with Crippen LogP contribution in [-0.2, 0) is 23.9 Å². The van der Waals surface area contributed by atoms with Gasteiger partial charge in [0.25, 0.3) is 5.91 Å². The third-order valence-corrected chi connectivity index (χ3v) is 6.18. The van der Waals surface area contributed by atoms with Gasteiger partial charge in [-0.15, -0.1) is 11.8 Å². The number of ether oxygens (including phenoxy) is 1. The molecule has 0 bridgehead atoms. The Bertz CT molecular complexity index is 1040. The first-order valence-corrected chi connectivity index (χ1v) is 11.0. The number of para-hydroxylation sites is 2. The molecule has 3 rings (SSSR count). The minimum atomic E-state index is -1.10. The fourth-order valence-electron chi connectivity index (χ4n) is 3.18. The highest BCUT2D eigenvalue weighted by Gasteiger charge is 2.30. The standard InChI is InChI=1S/C23H25N3O5S/c1-13-7-6-8-14(2)21(13)26-19(27)12-24-22(29)15(3)31-20(28)11-18-23(30)25-16-9-4-5-10-17(16)32-18/h4-10,15,18H,11-12H2,1-3H3,(H,24,29)(H,25,30)(H,26,27). The van der Waals surface area contributed by atoms with Crippen LogP contribution in [0.2, 0.25) is 0 Å². The second kappa shape index (κ2) is 10.3. The SMILES string of the molecule is Cc1cccc(C)c1NC(=O)CNC(=O)C(C)OC(=O)CC1Sc2ccccc2NC1=O. The summed E-state index contributed by atoms with van der Waals surface area (Å²) >= 11 is 1.28. The summed E-state index contributed by atoms with van der Waals surface area (Å²) < 4.78 is 5.16. The molecule has 0 radical (unpaired) electrons. The fraction of sp³-hybridized carbons (Fsp3) is 0.304. The van der Waals surface area contributed by atoms with Crippen LogP contribution in [0.25, 0.3) is 0 Å². The molecule has 1 aliphatic rings. The Labute approximate surface area is 190 Å². The van der Waals surface area contributed by atoms with Crippen LogP contribution in [-0.4, -0.2) is 41.6 Å². The molecule has 1 aliphatic heterocycles. The molecule has 3 N–H and O–H groups in total. The number of anilines is 2. The topological polar surface area (TPSA) is 114 Å². The average molecular weight is 456 g/mol. The lowest BCUT2D eigenvalue weighted by Crippen LogP contribution is -2.40. The predicted octanol–water partition coefficient (Wildman–Crippen LogP) is 2.79.